The number of hydrogen-bond acceptors (Lipinski definition) is 4. The highest BCUT2D eigenvalue weighted by molar-refractivity contribution is 7.88. The molecule has 6 nitrogen and oxygen atoms in total. The van der Waals surface area contributed by atoms with Crippen molar-refractivity contribution in [2.24, 2.45) is 17.6 Å². The van der Waals surface area contributed by atoms with Gasteiger partial charge in [0.15, 0.2) is 0 Å². The molecule has 0 heterocycles. The normalized spacial score (nSPS) is 33.8. The highest BCUT2D eigenvalue weighted by Crippen LogP contribution is 2.26. The van der Waals surface area contributed by atoms with Crippen LogP contribution in [0.15, 0.2) is 0 Å². The van der Waals surface area contributed by atoms with Gasteiger partial charge < -0.3 is 11.1 Å². The smallest absolute Gasteiger partial charge is 0.223 e. The van der Waals surface area contributed by atoms with Crippen LogP contribution in [-0.4, -0.2) is 39.2 Å². The average Bonchev–Trinajstić information content (AvgIpc) is 2.81. The van der Waals surface area contributed by atoms with Crippen LogP contribution in [0.2, 0.25) is 0 Å². The van der Waals surface area contributed by atoms with Crippen LogP contribution in [0.4, 0.5) is 0 Å². The summed E-state index contributed by atoms with van der Waals surface area (Å²) in [7, 11) is -3.19. The Morgan fingerprint density at radius 3 is 2.57 bits per heavy atom. The second-order valence-corrected chi connectivity index (χ2v) is 8.34. The molecule has 0 aromatic rings. The predicted molar refractivity (Wildman–Crippen MR) is 82.1 cm³/mol. The van der Waals surface area contributed by atoms with Gasteiger partial charge in [0.05, 0.1) is 6.26 Å². The van der Waals surface area contributed by atoms with Crippen molar-refractivity contribution >= 4 is 15.9 Å². The van der Waals surface area contributed by atoms with E-state index in [0.29, 0.717) is 6.54 Å². The summed E-state index contributed by atoms with van der Waals surface area (Å²) in [6.07, 6.45) is 7.69. The van der Waals surface area contributed by atoms with E-state index in [1.54, 1.807) is 0 Å². The summed E-state index contributed by atoms with van der Waals surface area (Å²) in [6, 6.07) is 0.0922. The van der Waals surface area contributed by atoms with Gasteiger partial charge in [-0.2, -0.15) is 0 Å². The molecular formula is C14H27N3O3S. The van der Waals surface area contributed by atoms with E-state index < -0.39 is 10.0 Å². The Morgan fingerprint density at radius 2 is 1.90 bits per heavy atom. The van der Waals surface area contributed by atoms with Gasteiger partial charge in [0.25, 0.3) is 0 Å². The van der Waals surface area contributed by atoms with Crippen LogP contribution in [0.5, 0.6) is 0 Å². The van der Waals surface area contributed by atoms with Crippen LogP contribution in [0, 0.1) is 11.8 Å². The third kappa shape index (κ3) is 5.23. The molecule has 2 aliphatic rings. The molecule has 0 spiro atoms. The van der Waals surface area contributed by atoms with Gasteiger partial charge in [-0.25, -0.2) is 13.1 Å². The Balaban J connectivity index is 1.80. The van der Waals surface area contributed by atoms with Crippen molar-refractivity contribution in [3.63, 3.8) is 0 Å². The van der Waals surface area contributed by atoms with Crippen molar-refractivity contribution in [3.8, 4) is 0 Å². The number of sulfonamides is 1. The largest absolute Gasteiger partial charge is 0.356 e. The fraction of sp³-hybridized carbons (Fsp3) is 0.929. The minimum Gasteiger partial charge on any atom is -0.356 e. The van der Waals surface area contributed by atoms with Gasteiger partial charge in [0.2, 0.25) is 15.9 Å². The van der Waals surface area contributed by atoms with Gasteiger partial charge in [-0.1, -0.05) is 12.8 Å². The maximum atomic E-state index is 12.2. The lowest BCUT2D eigenvalue weighted by Crippen LogP contribution is -2.44. The van der Waals surface area contributed by atoms with Gasteiger partial charge in [-0.15, -0.1) is 0 Å². The van der Waals surface area contributed by atoms with E-state index in [9.17, 15) is 13.2 Å². The molecule has 2 fully saturated rings. The molecule has 2 rings (SSSR count). The van der Waals surface area contributed by atoms with E-state index in [2.05, 4.69) is 10.0 Å². The summed E-state index contributed by atoms with van der Waals surface area (Å²) in [4.78, 5) is 12.2. The predicted octanol–water partition coefficient (Wildman–Crippen LogP) is 0.338. The Hall–Kier alpha value is -0.660. The molecule has 4 unspecified atom stereocenters. The van der Waals surface area contributed by atoms with E-state index in [0.717, 1.165) is 44.9 Å². The maximum Gasteiger partial charge on any atom is 0.223 e. The first-order valence-electron chi connectivity index (χ1n) is 7.86. The van der Waals surface area contributed by atoms with Crippen molar-refractivity contribution in [1.29, 1.82) is 0 Å². The van der Waals surface area contributed by atoms with E-state index >= 15 is 0 Å². The van der Waals surface area contributed by atoms with Crippen LogP contribution < -0.4 is 15.8 Å². The van der Waals surface area contributed by atoms with Crippen molar-refractivity contribution in [3.05, 3.63) is 0 Å². The fourth-order valence-electron chi connectivity index (χ4n) is 3.55. The number of rotatable bonds is 5. The molecule has 4 N–H and O–H groups in total. The van der Waals surface area contributed by atoms with E-state index in [4.69, 9.17) is 5.73 Å². The topological polar surface area (TPSA) is 101 Å². The monoisotopic (exact) mass is 317 g/mol. The third-order valence-electron chi connectivity index (χ3n) is 4.65. The standard InChI is InChI=1S/C14H27N3O3S/c1-21(19,20)17-13-7-3-5-11(13)9-16-14(18)10-4-2-6-12(15)8-10/h10-13,17H,2-9,15H2,1H3,(H,16,18). The van der Waals surface area contributed by atoms with Gasteiger partial charge in [-0.05, 0) is 38.0 Å². The summed E-state index contributed by atoms with van der Waals surface area (Å²) < 4.78 is 25.4. The van der Waals surface area contributed by atoms with Gasteiger partial charge >= 0.3 is 0 Å². The lowest BCUT2D eigenvalue weighted by Gasteiger charge is -2.27. The van der Waals surface area contributed by atoms with Gasteiger partial charge in [-0.3, -0.25) is 4.79 Å². The van der Waals surface area contributed by atoms with E-state index in [1.807, 2.05) is 0 Å². The zero-order chi connectivity index (χ0) is 15.5. The first-order valence-corrected chi connectivity index (χ1v) is 9.75. The molecule has 0 aromatic heterocycles. The van der Waals surface area contributed by atoms with Crippen molar-refractivity contribution < 1.29 is 13.2 Å². The van der Waals surface area contributed by atoms with Crippen molar-refractivity contribution in [1.82, 2.24) is 10.0 Å². The molecule has 2 aliphatic carbocycles. The second kappa shape index (κ2) is 7.07. The summed E-state index contributed by atoms with van der Waals surface area (Å²) in [5.41, 5.74) is 5.92. The lowest BCUT2D eigenvalue weighted by molar-refractivity contribution is -0.126. The van der Waals surface area contributed by atoms with E-state index in [1.165, 1.54) is 6.26 Å². The van der Waals surface area contributed by atoms with Gasteiger partial charge in [0.1, 0.15) is 0 Å². The Kier molecular flexibility index (Phi) is 5.62. The highest BCUT2D eigenvalue weighted by Gasteiger charge is 2.31. The minimum atomic E-state index is -3.19. The maximum absolute atomic E-state index is 12.2. The molecule has 4 atom stereocenters. The number of carbonyl (C=O) groups excluding carboxylic acids is 1. The number of nitrogens with two attached hydrogens (primary N) is 1. The zero-order valence-electron chi connectivity index (χ0n) is 12.7. The first kappa shape index (κ1) is 16.7. The van der Waals surface area contributed by atoms with Crippen LogP contribution in [-0.2, 0) is 14.8 Å². The fourth-order valence-corrected chi connectivity index (χ4v) is 4.41. The number of nitrogens with one attached hydrogen (secondary N) is 2. The van der Waals surface area contributed by atoms with Crippen LogP contribution >= 0.6 is 0 Å². The molecule has 1 amide bonds. The van der Waals surface area contributed by atoms with Crippen molar-refractivity contribution in [2.45, 2.75) is 57.0 Å². The molecule has 0 aromatic carbocycles. The molecule has 122 valence electrons. The highest BCUT2D eigenvalue weighted by atomic mass is 32.2. The van der Waals surface area contributed by atoms with Crippen LogP contribution in [0.3, 0.4) is 0 Å². The van der Waals surface area contributed by atoms with Crippen LogP contribution in [0.1, 0.15) is 44.9 Å². The van der Waals surface area contributed by atoms with Crippen molar-refractivity contribution in [2.75, 3.05) is 12.8 Å². The molecule has 21 heavy (non-hydrogen) atoms. The average molecular weight is 317 g/mol. The summed E-state index contributed by atoms with van der Waals surface area (Å²) in [5.74, 6) is 0.299. The summed E-state index contributed by atoms with van der Waals surface area (Å²) >= 11 is 0. The SMILES string of the molecule is CS(=O)(=O)NC1CCCC1CNC(=O)C1CCCC(N)C1. The Labute approximate surface area is 127 Å². The lowest BCUT2D eigenvalue weighted by atomic mass is 9.85. The minimum absolute atomic E-state index is 0.0245. The Morgan fingerprint density at radius 1 is 1.19 bits per heavy atom. The summed E-state index contributed by atoms with van der Waals surface area (Å²) in [5, 5.41) is 3.00. The van der Waals surface area contributed by atoms with Crippen LogP contribution in [0.25, 0.3) is 0 Å². The number of hydrogen-bond donors (Lipinski definition) is 3. The first-order chi connectivity index (χ1) is 9.85. The number of carbonyl (C=O) groups is 1. The zero-order valence-corrected chi connectivity index (χ0v) is 13.5. The van der Waals surface area contributed by atoms with E-state index in [-0.39, 0.29) is 29.8 Å². The van der Waals surface area contributed by atoms with Gasteiger partial charge in [0, 0.05) is 24.5 Å². The molecule has 0 saturated heterocycles. The molecule has 2 saturated carbocycles. The second-order valence-electron chi connectivity index (χ2n) is 6.56. The molecular weight excluding hydrogens is 290 g/mol. The molecule has 0 aliphatic heterocycles. The third-order valence-corrected chi connectivity index (χ3v) is 5.38. The molecule has 0 bridgehead atoms. The Bertz CT molecular complexity index is 466. The quantitative estimate of drug-likeness (QED) is 0.680. The molecule has 0 radical (unpaired) electrons. The number of amides is 1. The summed E-state index contributed by atoms with van der Waals surface area (Å²) in [6.45, 7) is 0.553. The molecule has 7 heteroatoms.